The Bertz CT molecular complexity index is 237. The standard InChI is InChI=1S/C7H9IN2O/c1-6-7(8)5-10(9-6)3-2-4-11/h4-5H,2-3H2,1H3. The number of aromatic nitrogens is 2. The van der Waals surface area contributed by atoms with Crippen molar-refractivity contribution in [1.29, 1.82) is 0 Å². The van der Waals surface area contributed by atoms with Crippen molar-refractivity contribution in [1.82, 2.24) is 9.78 Å². The van der Waals surface area contributed by atoms with Gasteiger partial charge in [0, 0.05) is 19.2 Å². The second-order valence-corrected chi connectivity index (χ2v) is 3.44. The highest BCUT2D eigenvalue weighted by atomic mass is 127. The van der Waals surface area contributed by atoms with E-state index in [2.05, 4.69) is 27.7 Å². The summed E-state index contributed by atoms with van der Waals surface area (Å²) < 4.78 is 2.94. The van der Waals surface area contributed by atoms with Gasteiger partial charge in [0.25, 0.3) is 0 Å². The van der Waals surface area contributed by atoms with Crippen LogP contribution < -0.4 is 0 Å². The number of hydrogen-bond acceptors (Lipinski definition) is 2. The van der Waals surface area contributed by atoms with Gasteiger partial charge in [0.2, 0.25) is 0 Å². The van der Waals surface area contributed by atoms with E-state index in [4.69, 9.17) is 0 Å². The molecule has 0 radical (unpaired) electrons. The third-order valence-electron chi connectivity index (χ3n) is 1.36. The van der Waals surface area contributed by atoms with Gasteiger partial charge in [0.15, 0.2) is 0 Å². The normalized spacial score (nSPS) is 10.0. The van der Waals surface area contributed by atoms with Crippen LogP contribution in [0.1, 0.15) is 12.1 Å². The lowest BCUT2D eigenvalue weighted by Gasteiger charge is -1.93. The number of rotatable bonds is 3. The van der Waals surface area contributed by atoms with Crippen LogP contribution in [0.4, 0.5) is 0 Å². The Labute approximate surface area is 78.9 Å². The Kier molecular flexibility index (Phi) is 3.04. The lowest BCUT2D eigenvalue weighted by molar-refractivity contribution is -0.108. The number of aldehydes is 1. The maximum atomic E-state index is 10.0. The molecule has 0 aliphatic carbocycles. The minimum absolute atomic E-state index is 0.539. The summed E-state index contributed by atoms with van der Waals surface area (Å²) in [5.74, 6) is 0. The van der Waals surface area contributed by atoms with E-state index in [1.807, 2.05) is 13.1 Å². The summed E-state index contributed by atoms with van der Waals surface area (Å²) in [6.07, 6.45) is 3.39. The molecule has 0 aliphatic heterocycles. The maximum absolute atomic E-state index is 10.0. The van der Waals surface area contributed by atoms with Crippen molar-refractivity contribution in [2.75, 3.05) is 0 Å². The monoisotopic (exact) mass is 264 g/mol. The van der Waals surface area contributed by atoms with Crippen LogP contribution in [-0.4, -0.2) is 16.1 Å². The van der Waals surface area contributed by atoms with Gasteiger partial charge in [0.1, 0.15) is 6.29 Å². The Balaban J connectivity index is 2.64. The predicted octanol–water partition coefficient (Wildman–Crippen LogP) is 1.39. The molecule has 1 aromatic rings. The summed E-state index contributed by atoms with van der Waals surface area (Å²) >= 11 is 2.23. The first-order chi connectivity index (χ1) is 5.24. The van der Waals surface area contributed by atoms with Crippen molar-refractivity contribution in [3.8, 4) is 0 Å². The molecule has 1 rings (SSSR count). The van der Waals surface area contributed by atoms with Gasteiger partial charge in [0.05, 0.1) is 9.26 Å². The third-order valence-corrected chi connectivity index (χ3v) is 2.42. The van der Waals surface area contributed by atoms with E-state index in [9.17, 15) is 4.79 Å². The number of carbonyl (C=O) groups is 1. The van der Waals surface area contributed by atoms with Gasteiger partial charge in [-0.3, -0.25) is 4.68 Å². The number of hydrogen-bond donors (Lipinski definition) is 0. The highest BCUT2D eigenvalue weighted by molar-refractivity contribution is 14.1. The highest BCUT2D eigenvalue weighted by Crippen LogP contribution is 2.07. The molecule has 1 heterocycles. The van der Waals surface area contributed by atoms with Gasteiger partial charge in [-0.15, -0.1) is 0 Å². The topological polar surface area (TPSA) is 34.9 Å². The first kappa shape index (κ1) is 8.70. The second-order valence-electron chi connectivity index (χ2n) is 2.28. The molecule has 0 atom stereocenters. The molecule has 0 N–H and O–H groups in total. The van der Waals surface area contributed by atoms with Crippen molar-refractivity contribution in [3.63, 3.8) is 0 Å². The average molecular weight is 264 g/mol. The summed E-state index contributed by atoms with van der Waals surface area (Å²) in [6, 6.07) is 0. The van der Waals surface area contributed by atoms with Crippen LogP contribution >= 0.6 is 22.6 Å². The van der Waals surface area contributed by atoms with Gasteiger partial charge in [-0.05, 0) is 29.5 Å². The van der Waals surface area contributed by atoms with Crippen LogP contribution in [-0.2, 0) is 11.3 Å². The zero-order valence-electron chi connectivity index (χ0n) is 6.25. The minimum atomic E-state index is 0.539. The van der Waals surface area contributed by atoms with E-state index in [0.717, 1.165) is 15.6 Å². The number of nitrogens with zero attached hydrogens (tertiary/aromatic N) is 2. The van der Waals surface area contributed by atoms with Crippen molar-refractivity contribution in [2.45, 2.75) is 19.9 Å². The van der Waals surface area contributed by atoms with Crippen LogP contribution in [0, 0.1) is 10.5 Å². The molecule has 0 amide bonds. The molecule has 0 saturated carbocycles. The molecule has 0 fully saturated rings. The van der Waals surface area contributed by atoms with Gasteiger partial charge < -0.3 is 4.79 Å². The zero-order valence-corrected chi connectivity index (χ0v) is 8.41. The molecule has 0 spiro atoms. The largest absolute Gasteiger partial charge is 0.303 e. The molecule has 1 aromatic heterocycles. The van der Waals surface area contributed by atoms with Gasteiger partial charge in [-0.1, -0.05) is 0 Å². The summed E-state index contributed by atoms with van der Waals surface area (Å²) in [7, 11) is 0. The maximum Gasteiger partial charge on any atom is 0.121 e. The fraction of sp³-hybridized carbons (Fsp3) is 0.429. The Morgan fingerprint density at radius 1 is 1.82 bits per heavy atom. The van der Waals surface area contributed by atoms with E-state index in [0.29, 0.717) is 13.0 Å². The van der Waals surface area contributed by atoms with Crippen LogP contribution in [0.3, 0.4) is 0 Å². The first-order valence-corrected chi connectivity index (χ1v) is 4.45. The summed E-state index contributed by atoms with van der Waals surface area (Å²) in [5.41, 5.74) is 1.02. The van der Waals surface area contributed by atoms with Crippen LogP contribution in [0.15, 0.2) is 6.20 Å². The molecule has 11 heavy (non-hydrogen) atoms. The van der Waals surface area contributed by atoms with Gasteiger partial charge in [-0.2, -0.15) is 5.10 Å². The molecular formula is C7H9IN2O. The molecule has 0 bridgehead atoms. The lowest BCUT2D eigenvalue weighted by Crippen LogP contribution is -1.98. The number of halogens is 1. The Morgan fingerprint density at radius 2 is 2.55 bits per heavy atom. The number of aryl methyl sites for hydroxylation is 2. The van der Waals surface area contributed by atoms with E-state index < -0.39 is 0 Å². The Hall–Kier alpha value is -0.390. The van der Waals surface area contributed by atoms with Gasteiger partial charge >= 0.3 is 0 Å². The van der Waals surface area contributed by atoms with Crippen molar-refractivity contribution >= 4 is 28.9 Å². The molecular weight excluding hydrogens is 255 g/mol. The molecule has 3 nitrogen and oxygen atoms in total. The van der Waals surface area contributed by atoms with E-state index in [-0.39, 0.29) is 0 Å². The average Bonchev–Trinajstić information content (AvgIpc) is 2.28. The Morgan fingerprint density at radius 3 is 3.00 bits per heavy atom. The molecule has 0 aromatic carbocycles. The van der Waals surface area contributed by atoms with E-state index in [1.165, 1.54) is 0 Å². The van der Waals surface area contributed by atoms with Crippen molar-refractivity contribution < 1.29 is 4.79 Å². The summed E-state index contributed by atoms with van der Waals surface area (Å²) in [5, 5.41) is 4.20. The van der Waals surface area contributed by atoms with Crippen LogP contribution in [0.2, 0.25) is 0 Å². The quantitative estimate of drug-likeness (QED) is 0.610. The SMILES string of the molecule is Cc1nn(CCC=O)cc1I. The molecule has 0 saturated heterocycles. The summed E-state index contributed by atoms with van der Waals surface area (Å²) in [4.78, 5) is 10.0. The lowest BCUT2D eigenvalue weighted by atomic mass is 10.5. The molecule has 0 aliphatic rings. The molecule has 4 heteroatoms. The zero-order chi connectivity index (χ0) is 8.27. The van der Waals surface area contributed by atoms with E-state index >= 15 is 0 Å². The number of carbonyl (C=O) groups excluding carboxylic acids is 1. The molecule has 0 unspecified atom stereocenters. The highest BCUT2D eigenvalue weighted by Gasteiger charge is 1.99. The third kappa shape index (κ3) is 2.28. The fourth-order valence-corrected chi connectivity index (χ4v) is 1.22. The second kappa shape index (κ2) is 3.85. The van der Waals surface area contributed by atoms with Crippen LogP contribution in [0.25, 0.3) is 0 Å². The van der Waals surface area contributed by atoms with E-state index in [1.54, 1.807) is 4.68 Å². The van der Waals surface area contributed by atoms with Crippen LogP contribution in [0.5, 0.6) is 0 Å². The van der Waals surface area contributed by atoms with Gasteiger partial charge in [-0.25, -0.2) is 0 Å². The first-order valence-electron chi connectivity index (χ1n) is 3.37. The van der Waals surface area contributed by atoms with Crippen molar-refractivity contribution in [3.05, 3.63) is 15.5 Å². The minimum Gasteiger partial charge on any atom is -0.303 e. The smallest absolute Gasteiger partial charge is 0.121 e. The summed E-state index contributed by atoms with van der Waals surface area (Å²) in [6.45, 7) is 2.65. The molecule has 60 valence electrons. The predicted molar refractivity (Wildman–Crippen MR) is 50.4 cm³/mol. The van der Waals surface area contributed by atoms with Crippen molar-refractivity contribution in [2.24, 2.45) is 0 Å². The fourth-order valence-electron chi connectivity index (χ4n) is 0.793.